The van der Waals surface area contributed by atoms with Crippen LogP contribution in [-0.4, -0.2) is 59.7 Å². The highest BCUT2D eigenvalue weighted by molar-refractivity contribution is 5.88. The van der Waals surface area contributed by atoms with Gasteiger partial charge in [-0.05, 0) is 106 Å². The molecule has 11 heteroatoms. The van der Waals surface area contributed by atoms with Crippen molar-refractivity contribution in [3.63, 3.8) is 0 Å². The number of alkyl halides is 6. The maximum Gasteiger partial charge on any atom is 0.416 e. The summed E-state index contributed by atoms with van der Waals surface area (Å²) in [6.45, 7) is 3.84. The maximum atomic E-state index is 14.3. The van der Waals surface area contributed by atoms with Crippen LogP contribution >= 0.6 is 0 Å². The van der Waals surface area contributed by atoms with E-state index in [-0.39, 0.29) is 30.9 Å². The average molecular weight is 625 g/mol. The van der Waals surface area contributed by atoms with Crippen molar-refractivity contribution in [2.24, 2.45) is 5.41 Å². The molecule has 3 aliphatic heterocycles. The first-order valence-corrected chi connectivity index (χ1v) is 15.5. The molecular formula is C33H38F6N2O3. The number of nitrogens with zero attached hydrogens (tertiary/aromatic N) is 2. The molecule has 0 aromatic heterocycles. The monoisotopic (exact) mass is 624 g/mol. The van der Waals surface area contributed by atoms with E-state index < -0.39 is 46.1 Å². The molecule has 1 spiro atoms. The molecule has 2 aromatic rings. The second-order valence-electron chi connectivity index (χ2n) is 13.2. The minimum absolute atomic E-state index is 0.0207. The molecule has 4 aliphatic rings. The van der Waals surface area contributed by atoms with Crippen molar-refractivity contribution in [2.75, 3.05) is 32.8 Å². The number of carbonyl (C=O) groups is 1. The summed E-state index contributed by atoms with van der Waals surface area (Å²) in [4.78, 5) is 18.3. The Morgan fingerprint density at radius 3 is 1.93 bits per heavy atom. The van der Waals surface area contributed by atoms with E-state index in [2.05, 4.69) is 4.90 Å². The van der Waals surface area contributed by atoms with E-state index in [1.807, 2.05) is 30.3 Å². The standard InChI is InChI=1S/C33H38F6N2O3/c34-32(35,36)25-19-24(20-26(21-25)33(37,38)39)31(43)9-4-15-41(28(31)42)30(23-5-2-1-3-6-23)10-7-27(8-11-30)40-16-12-29(13-17-40)14-18-44-22-29/h1-3,5-6,19-21,27,43H,4,7-18,22H2/t27-,30-,31?. The van der Waals surface area contributed by atoms with E-state index in [0.717, 1.165) is 64.0 Å². The number of likely N-dealkylation sites (tertiary alicyclic amines) is 2. The van der Waals surface area contributed by atoms with Crippen LogP contribution in [0, 0.1) is 5.41 Å². The number of halogens is 6. The topological polar surface area (TPSA) is 53.0 Å². The molecule has 4 fully saturated rings. The number of hydrogen-bond donors (Lipinski definition) is 1. The van der Waals surface area contributed by atoms with Crippen LogP contribution in [0.4, 0.5) is 26.3 Å². The van der Waals surface area contributed by atoms with E-state index in [1.54, 1.807) is 4.90 Å². The van der Waals surface area contributed by atoms with E-state index in [0.29, 0.717) is 31.0 Å². The predicted molar refractivity (Wildman–Crippen MR) is 150 cm³/mol. The number of hydrogen-bond acceptors (Lipinski definition) is 4. The highest BCUT2D eigenvalue weighted by atomic mass is 19.4. The molecule has 3 saturated heterocycles. The molecule has 1 unspecified atom stereocenters. The summed E-state index contributed by atoms with van der Waals surface area (Å²) in [6.07, 6.45) is -4.25. The Balaban J connectivity index is 1.30. The Kier molecular flexibility index (Phi) is 8.06. The third kappa shape index (κ3) is 5.64. The van der Waals surface area contributed by atoms with Gasteiger partial charge in [0.1, 0.15) is 0 Å². The summed E-state index contributed by atoms with van der Waals surface area (Å²) in [5.74, 6) is -0.848. The number of benzene rings is 2. The molecule has 1 N–H and O–H groups in total. The second-order valence-corrected chi connectivity index (χ2v) is 13.2. The number of carbonyl (C=O) groups excluding carboxylic acids is 1. The van der Waals surface area contributed by atoms with Gasteiger partial charge in [0.15, 0.2) is 5.60 Å². The van der Waals surface area contributed by atoms with Crippen molar-refractivity contribution in [3.8, 4) is 0 Å². The summed E-state index contributed by atoms with van der Waals surface area (Å²) in [5.41, 5.74) is -6.01. The molecule has 1 atom stereocenters. The zero-order valence-electron chi connectivity index (χ0n) is 24.5. The molecular weight excluding hydrogens is 586 g/mol. The lowest BCUT2D eigenvalue weighted by atomic mass is 9.70. The van der Waals surface area contributed by atoms with Crippen LogP contribution in [0.15, 0.2) is 48.5 Å². The third-order valence-corrected chi connectivity index (χ3v) is 10.8. The third-order valence-electron chi connectivity index (χ3n) is 10.8. The lowest BCUT2D eigenvalue weighted by Crippen LogP contribution is -2.61. The van der Waals surface area contributed by atoms with Gasteiger partial charge < -0.3 is 19.6 Å². The summed E-state index contributed by atoms with van der Waals surface area (Å²) >= 11 is 0. The molecule has 1 amide bonds. The van der Waals surface area contributed by atoms with Crippen molar-refractivity contribution in [3.05, 3.63) is 70.8 Å². The number of amides is 1. The van der Waals surface area contributed by atoms with E-state index in [9.17, 15) is 36.2 Å². The van der Waals surface area contributed by atoms with Crippen LogP contribution in [-0.2, 0) is 33.0 Å². The number of piperidine rings is 2. The van der Waals surface area contributed by atoms with Gasteiger partial charge in [0.25, 0.3) is 5.91 Å². The van der Waals surface area contributed by atoms with Crippen LogP contribution in [0.3, 0.4) is 0 Å². The Morgan fingerprint density at radius 1 is 0.773 bits per heavy atom. The van der Waals surface area contributed by atoms with Gasteiger partial charge in [-0.1, -0.05) is 30.3 Å². The second kappa shape index (κ2) is 11.3. The fourth-order valence-corrected chi connectivity index (χ4v) is 8.11. The Morgan fingerprint density at radius 2 is 1.39 bits per heavy atom. The summed E-state index contributed by atoms with van der Waals surface area (Å²) in [5, 5.41) is 11.8. The van der Waals surface area contributed by atoms with Crippen molar-refractivity contribution in [1.29, 1.82) is 0 Å². The lowest BCUT2D eigenvalue weighted by Gasteiger charge is -2.54. The molecule has 1 aliphatic carbocycles. The summed E-state index contributed by atoms with van der Waals surface area (Å²) < 4.78 is 87.9. The van der Waals surface area contributed by atoms with Crippen molar-refractivity contribution < 1.29 is 41.0 Å². The Labute approximate surface area is 253 Å². The minimum Gasteiger partial charge on any atom is -0.381 e. The summed E-state index contributed by atoms with van der Waals surface area (Å²) in [7, 11) is 0. The molecule has 6 rings (SSSR count). The molecule has 2 aromatic carbocycles. The molecule has 1 saturated carbocycles. The maximum absolute atomic E-state index is 14.3. The van der Waals surface area contributed by atoms with Gasteiger partial charge in [-0.15, -0.1) is 0 Å². The van der Waals surface area contributed by atoms with E-state index in [4.69, 9.17) is 4.74 Å². The Hall–Kier alpha value is -2.63. The fraction of sp³-hybridized carbons (Fsp3) is 0.606. The average Bonchev–Trinajstić information content (AvgIpc) is 3.46. The quantitative estimate of drug-likeness (QED) is 0.377. The van der Waals surface area contributed by atoms with Gasteiger partial charge in [-0.3, -0.25) is 4.79 Å². The smallest absolute Gasteiger partial charge is 0.381 e. The molecule has 5 nitrogen and oxygen atoms in total. The molecule has 0 bridgehead atoms. The fourth-order valence-electron chi connectivity index (χ4n) is 8.11. The normalized spacial score (nSPS) is 30.2. The van der Waals surface area contributed by atoms with Crippen LogP contribution in [0.1, 0.15) is 80.0 Å². The Bertz CT molecular complexity index is 1310. The molecule has 3 heterocycles. The first-order valence-electron chi connectivity index (χ1n) is 15.5. The van der Waals surface area contributed by atoms with Gasteiger partial charge in [0.05, 0.1) is 23.3 Å². The lowest BCUT2D eigenvalue weighted by molar-refractivity contribution is -0.170. The van der Waals surface area contributed by atoms with Crippen LogP contribution in [0.25, 0.3) is 0 Å². The largest absolute Gasteiger partial charge is 0.416 e. The summed E-state index contributed by atoms with van der Waals surface area (Å²) in [6, 6.07) is 10.7. The van der Waals surface area contributed by atoms with Crippen molar-refractivity contribution in [2.45, 2.75) is 87.3 Å². The zero-order chi connectivity index (χ0) is 31.4. The van der Waals surface area contributed by atoms with Crippen molar-refractivity contribution >= 4 is 5.91 Å². The van der Waals surface area contributed by atoms with Gasteiger partial charge in [0.2, 0.25) is 0 Å². The minimum atomic E-state index is -5.09. The van der Waals surface area contributed by atoms with Gasteiger partial charge in [-0.2, -0.15) is 26.3 Å². The van der Waals surface area contributed by atoms with Gasteiger partial charge >= 0.3 is 12.4 Å². The van der Waals surface area contributed by atoms with E-state index >= 15 is 0 Å². The molecule has 240 valence electrons. The zero-order valence-corrected chi connectivity index (χ0v) is 24.5. The van der Waals surface area contributed by atoms with E-state index in [1.165, 1.54) is 0 Å². The van der Waals surface area contributed by atoms with Crippen molar-refractivity contribution in [1.82, 2.24) is 9.80 Å². The SMILES string of the molecule is O=C1N([C@]2(c3ccccc3)CC[C@@H](N3CCC4(CCOC4)CC3)CC2)CCCC1(O)c1cc(C(F)(F)F)cc(C(F)(F)F)c1. The highest BCUT2D eigenvalue weighted by Gasteiger charge is 2.54. The van der Waals surface area contributed by atoms with Crippen LogP contribution < -0.4 is 0 Å². The first-order chi connectivity index (χ1) is 20.8. The van der Waals surface area contributed by atoms with Gasteiger partial charge in [0, 0.05) is 19.2 Å². The van der Waals surface area contributed by atoms with Gasteiger partial charge in [-0.25, -0.2) is 0 Å². The number of aliphatic hydroxyl groups is 1. The van der Waals surface area contributed by atoms with Crippen LogP contribution in [0.2, 0.25) is 0 Å². The highest BCUT2D eigenvalue weighted by Crippen LogP contribution is 2.49. The van der Waals surface area contributed by atoms with Crippen LogP contribution in [0.5, 0.6) is 0 Å². The first kappa shape index (κ1) is 31.4. The molecule has 44 heavy (non-hydrogen) atoms. The number of ether oxygens (including phenoxy) is 1. The predicted octanol–water partition coefficient (Wildman–Crippen LogP) is 6.87. The molecule has 0 radical (unpaired) electrons. The number of rotatable bonds is 4.